The van der Waals surface area contributed by atoms with Gasteiger partial charge in [0.15, 0.2) is 0 Å². The van der Waals surface area contributed by atoms with Crippen LogP contribution in [0.15, 0.2) is 42.7 Å². The molecule has 0 bridgehead atoms. The minimum Gasteiger partial charge on any atom is -0.316 e. The lowest BCUT2D eigenvalue weighted by atomic mass is 10.1. The fraction of sp³-hybridized carbons (Fsp3) is 0.200. The van der Waals surface area contributed by atoms with Gasteiger partial charge in [0.25, 0.3) is 0 Å². The van der Waals surface area contributed by atoms with E-state index in [4.69, 9.17) is 4.98 Å². The highest BCUT2D eigenvalue weighted by molar-refractivity contribution is 5.80. The van der Waals surface area contributed by atoms with Crippen molar-refractivity contribution in [2.45, 2.75) is 13.5 Å². The number of para-hydroxylation sites is 1. The number of hydrogen-bond donors (Lipinski definition) is 1. The normalized spacial score (nSPS) is 11.1. The fourth-order valence-corrected chi connectivity index (χ4v) is 2.28. The predicted octanol–water partition coefficient (Wildman–Crippen LogP) is 2.45. The molecule has 0 atom stereocenters. The van der Waals surface area contributed by atoms with Gasteiger partial charge in [0.1, 0.15) is 11.6 Å². The molecule has 0 radical (unpaired) electrons. The van der Waals surface area contributed by atoms with E-state index >= 15 is 0 Å². The first-order chi connectivity index (χ1) is 9.29. The molecule has 0 saturated heterocycles. The van der Waals surface area contributed by atoms with Gasteiger partial charge < -0.3 is 5.32 Å². The first-order valence-corrected chi connectivity index (χ1v) is 6.33. The van der Waals surface area contributed by atoms with Crippen LogP contribution in [0.2, 0.25) is 0 Å². The van der Waals surface area contributed by atoms with E-state index in [0.717, 1.165) is 29.1 Å². The van der Waals surface area contributed by atoms with Crippen molar-refractivity contribution in [2.75, 3.05) is 7.05 Å². The number of aryl methyl sites for hydroxylation is 1. The first-order valence-electron chi connectivity index (χ1n) is 6.33. The van der Waals surface area contributed by atoms with Gasteiger partial charge in [-0.05, 0) is 26.1 Å². The molecular weight excluding hydrogens is 236 g/mol. The Balaban J connectivity index is 2.26. The largest absolute Gasteiger partial charge is 0.316 e. The minimum atomic E-state index is 0.783. The number of hydrogen-bond acceptors (Lipinski definition) is 3. The Labute approximate surface area is 112 Å². The van der Waals surface area contributed by atoms with Crippen molar-refractivity contribution in [3.8, 4) is 5.82 Å². The van der Waals surface area contributed by atoms with Gasteiger partial charge in [-0.2, -0.15) is 0 Å². The lowest BCUT2D eigenvalue weighted by Gasteiger charge is -2.12. The molecule has 96 valence electrons. The summed E-state index contributed by atoms with van der Waals surface area (Å²) in [6.45, 7) is 2.77. The summed E-state index contributed by atoms with van der Waals surface area (Å²) in [5.41, 5.74) is 2.17. The molecule has 0 amide bonds. The fourth-order valence-electron chi connectivity index (χ4n) is 2.28. The summed E-state index contributed by atoms with van der Waals surface area (Å²) in [6.07, 6.45) is 3.75. The standard InChI is InChI=1S/C15H16N4/c1-11-17-7-8-19(11)15-13(10-16-2)9-12-5-3-4-6-14(12)18-15/h3-9,16H,10H2,1-2H3. The Bertz CT molecular complexity index is 715. The first kappa shape index (κ1) is 11.9. The number of rotatable bonds is 3. The zero-order valence-electron chi connectivity index (χ0n) is 11.1. The van der Waals surface area contributed by atoms with Crippen molar-refractivity contribution in [3.05, 3.63) is 54.1 Å². The summed E-state index contributed by atoms with van der Waals surface area (Å²) in [4.78, 5) is 9.06. The van der Waals surface area contributed by atoms with Gasteiger partial charge in [0.2, 0.25) is 0 Å². The average molecular weight is 252 g/mol. The number of benzene rings is 1. The summed E-state index contributed by atoms with van der Waals surface area (Å²) in [6, 6.07) is 10.4. The summed E-state index contributed by atoms with van der Waals surface area (Å²) in [5.74, 6) is 1.89. The van der Waals surface area contributed by atoms with E-state index in [1.54, 1.807) is 6.20 Å². The molecule has 3 rings (SSSR count). The third-order valence-electron chi connectivity index (χ3n) is 3.20. The monoisotopic (exact) mass is 252 g/mol. The number of pyridine rings is 1. The molecule has 2 heterocycles. The smallest absolute Gasteiger partial charge is 0.143 e. The second kappa shape index (κ2) is 4.82. The van der Waals surface area contributed by atoms with Crippen LogP contribution in [0.1, 0.15) is 11.4 Å². The maximum atomic E-state index is 4.78. The number of nitrogens with zero attached hydrogens (tertiary/aromatic N) is 3. The van der Waals surface area contributed by atoms with Gasteiger partial charge in [-0.3, -0.25) is 4.57 Å². The zero-order chi connectivity index (χ0) is 13.2. The lowest BCUT2D eigenvalue weighted by molar-refractivity contribution is 0.796. The third kappa shape index (κ3) is 2.11. The molecule has 0 unspecified atom stereocenters. The summed E-state index contributed by atoms with van der Waals surface area (Å²) >= 11 is 0. The second-order valence-electron chi connectivity index (χ2n) is 4.54. The van der Waals surface area contributed by atoms with E-state index in [1.165, 1.54) is 5.56 Å². The van der Waals surface area contributed by atoms with Crippen molar-refractivity contribution in [3.63, 3.8) is 0 Å². The number of imidazole rings is 1. The van der Waals surface area contributed by atoms with Crippen LogP contribution in [0, 0.1) is 6.92 Å². The van der Waals surface area contributed by atoms with E-state index in [1.807, 2.05) is 42.9 Å². The quantitative estimate of drug-likeness (QED) is 0.778. The molecule has 0 saturated carbocycles. The highest BCUT2D eigenvalue weighted by Crippen LogP contribution is 2.20. The second-order valence-corrected chi connectivity index (χ2v) is 4.54. The minimum absolute atomic E-state index is 0.783. The molecule has 0 fully saturated rings. The average Bonchev–Trinajstić information content (AvgIpc) is 2.84. The van der Waals surface area contributed by atoms with Crippen LogP contribution in [-0.2, 0) is 6.54 Å². The zero-order valence-corrected chi connectivity index (χ0v) is 11.1. The van der Waals surface area contributed by atoms with Crippen LogP contribution in [0.4, 0.5) is 0 Å². The van der Waals surface area contributed by atoms with Crippen LogP contribution >= 0.6 is 0 Å². The van der Waals surface area contributed by atoms with Crippen molar-refractivity contribution in [1.29, 1.82) is 0 Å². The van der Waals surface area contributed by atoms with E-state index in [2.05, 4.69) is 22.4 Å². The Morgan fingerprint density at radius 1 is 1.26 bits per heavy atom. The van der Waals surface area contributed by atoms with E-state index in [0.29, 0.717) is 0 Å². The molecule has 0 aliphatic rings. The Morgan fingerprint density at radius 2 is 2.11 bits per heavy atom. The molecule has 1 aromatic carbocycles. The number of aromatic nitrogens is 3. The SMILES string of the molecule is CNCc1cc2ccccc2nc1-n1ccnc1C. The number of fused-ring (bicyclic) bond motifs is 1. The van der Waals surface area contributed by atoms with Crippen LogP contribution in [-0.4, -0.2) is 21.6 Å². The van der Waals surface area contributed by atoms with Gasteiger partial charge in [-0.1, -0.05) is 18.2 Å². The molecule has 0 spiro atoms. The van der Waals surface area contributed by atoms with Crippen LogP contribution < -0.4 is 5.32 Å². The Morgan fingerprint density at radius 3 is 2.84 bits per heavy atom. The summed E-state index contributed by atoms with van der Waals surface area (Å²) in [5, 5.41) is 4.36. The predicted molar refractivity (Wildman–Crippen MR) is 76.4 cm³/mol. The van der Waals surface area contributed by atoms with Crippen molar-refractivity contribution in [1.82, 2.24) is 19.9 Å². The van der Waals surface area contributed by atoms with Crippen molar-refractivity contribution < 1.29 is 0 Å². The van der Waals surface area contributed by atoms with Crippen LogP contribution in [0.25, 0.3) is 16.7 Å². The number of nitrogens with one attached hydrogen (secondary N) is 1. The van der Waals surface area contributed by atoms with E-state index in [9.17, 15) is 0 Å². The topological polar surface area (TPSA) is 42.7 Å². The molecular formula is C15H16N4. The Kier molecular flexibility index (Phi) is 3.01. The summed E-state index contributed by atoms with van der Waals surface area (Å²) in [7, 11) is 1.94. The van der Waals surface area contributed by atoms with Crippen LogP contribution in [0.5, 0.6) is 0 Å². The highest BCUT2D eigenvalue weighted by atomic mass is 15.1. The molecule has 19 heavy (non-hydrogen) atoms. The molecule has 4 nitrogen and oxygen atoms in total. The maximum Gasteiger partial charge on any atom is 0.143 e. The van der Waals surface area contributed by atoms with Gasteiger partial charge in [-0.25, -0.2) is 9.97 Å². The molecule has 1 N–H and O–H groups in total. The molecule has 2 aromatic heterocycles. The lowest BCUT2D eigenvalue weighted by Crippen LogP contribution is -2.11. The van der Waals surface area contributed by atoms with Crippen molar-refractivity contribution in [2.24, 2.45) is 0 Å². The summed E-state index contributed by atoms with van der Waals surface area (Å²) < 4.78 is 2.03. The Hall–Kier alpha value is -2.20. The van der Waals surface area contributed by atoms with Gasteiger partial charge in [-0.15, -0.1) is 0 Å². The van der Waals surface area contributed by atoms with Crippen molar-refractivity contribution >= 4 is 10.9 Å². The van der Waals surface area contributed by atoms with E-state index < -0.39 is 0 Å². The molecule has 0 aliphatic carbocycles. The van der Waals surface area contributed by atoms with Gasteiger partial charge in [0.05, 0.1) is 5.52 Å². The van der Waals surface area contributed by atoms with E-state index in [-0.39, 0.29) is 0 Å². The molecule has 3 aromatic rings. The highest BCUT2D eigenvalue weighted by Gasteiger charge is 2.10. The maximum absolute atomic E-state index is 4.78. The van der Waals surface area contributed by atoms with Crippen LogP contribution in [0.3, 0.4) is 0 Å². The third-order valence-corrected chi connectivity index (χ3v) is 3.20. The molecule has 0 aliphatic heterocycles. The molecule has 4 heteroatoms. The van der Waals surface area contributed by atoms with Gasteiger partial charge in [0, 0.05) is 29.9 Å². The van der Waals surface area contributed by atoms with Gasteiger partial charge >= 0.3 is 0 Å².